The summed E-state index contributed by atoms with van der Waals surface area (Å²) in [6, 6.07) is 3.85. The fraction of sp³-hybridized carbons (Fsp3) is 0.600. The minimum Gasteiger partial charge on any atom is -0.364 e. The molecule has 1 aliphatic rings. The van der Waals surface area contributed by atoms with Gasteiger partial charge in [-0.2, -0.15) is 0 Å². The van der Waals surface area contributed by atoms with Gasteiger partial charge >= 0.3 is 0 Å². The monoisotopic (exact) mass is 277 g/mol. The van der Waals surface area contributed by atoms with E-state index in [0.29, 0.717) is 19.5 Å². The Hall–Kier alpha value is -1.78. The highest BCUT2D eigenvalue weighted by molar-refractivity contribution is 5.81. The average molecular weight is 277 g/mol. The topological polar surface area (TPSA) is 65.2 Å². The minimum atomic E-state index is -0.0699. The molecule has 1 saturated heterocycles. The van der Waals surface area contributed by atoms with Gasteiger partial charge in [-0.1, -0.05) is 6.92 Å². The minimum absolute atomic E-state index is 0.0496. The molecule has 1 unspecified atom stereocenters. The second kappa shape index (κ2) is 7.12. The van der Waals surface area contributed by atoms with Crippen LogP contribution in [-0.2, 0) is 16.1 Å². The second-order valence-electron chi connectivity index (χ2n) is 5.34. The van der Waals surface area contributed by atoms with Crippen LogP contribution in [0.5, 0.6) is 0 Å². The van der Waals surface area contributed by atoms with E-state index in [1.807, 2.05) is 30.2 Å². The first-order valence-electron chi connectivity index (χ1n) is 7.38. The molecule has 20 heavy (non-hydrogen) atoms. The summed E-state index contributed by atoms with van der Waals surface area (Å²) in [6.07, 6.45) is 5.06. The molecule has 0 saturated carbocycles. The number of amides is 2. The highest BCUT2D eigenvalue weighted by Gasteiger charge is 2.27. The van der Waals surface area contributed by atoms with Gasteiger partial charge in [0.05, 0.1) is 12.5 Å². The maximum atomic E-state index is 12.2. The van der Waals surface area contributed by atoms with Crippen LogP contribution in [0, 0.1) is 5.92 Å². The van der Waals surface area contributed by atoms with Gasteiger partial charge in [-0.3, -0.25) is 9.59 Å². The van der Waals surface area contributed by atoms with Crippen molar-refractivity contribution in [2.24, 2.45) is 5.92 Å². The van der Waals surface area contributed by atoms with Crippen LogP contribution in [-0.4, -0.2) is 34.8 Å². The quantitative estimate of drug-likeness (QED) is 0.860. The zero-order valence-electron chi connectivity index (χ0n) is 12.0. The number of nitrogens with one attached hydrogen (secondary N) is 2. The molecule has 0 spiro atoms. The molecule has 2 heterocycles. The SMILES string of the molecule is CCCC(=O)N1CCCC(C(=O)NCc2ccc[nH]2)C1. The summed E-state index contributed by atoms with van der Waals surface area (Å²) in [7, 11) is 0. The van der Waals surface area contributed by atoms with Crippen LogP contribution in [0.25, 0.3) is 0 Å². The Morgan fingerprint density at radius 1 is 1.50 bits per heavy atom. The fourth-order valence-corrected chi connectivity index (χ4v) is 2.59. The molecule has 0 radical (unpaired) electrons. The van der Waals surface area contributed by atoms with Crippen molar-refractivity contribution in [2.45, 2.75) is 39.2 Å². The Kier molecular flexibility index (Phi) is 5.21. The molecule has 2 amide bonds. The van der Waals surface area contributed by atoms with Gasteiger partial charge in [0.25, 0.3) is 0 Å². The Morgan fingerprint density at radius 3 is 3.05 bits per heavy atom. The number of piperidine rings is 1. The molecule has 5 heteroatoms. The van der Waals surface area contributed by atoms with Crippen molar-refractivity contribution in [3.05, 3.63) is 24.0 Å². The first kappa shape index (κ1) is 14.6. The average Bonchev–Trinajstić information content (AvgIpc) is 2.98. The summed E-state index contributed by atoms with van der Waals surface area (Å²) in [5, 5.41) is 2.94. The van der Waals surface area contributed by atoms with Gasteiger partial charge in [0.15, 0.2) is 0 Å². The van der Waals surface area contributed by atoms with E-state index in [-0.39, 0.29) is 17.7 Å². The number of H-pyrrole nitrogens is 1. The van der Waals surface area contributed by atoms with Crippen LogP contribution in [0.2, 0.25) is 0 Å². The number of rotatable bonds is 5. The summed E-state index contributed by atoms with van der Waals surface area (Å²) in [5.41, 5.74) is 0.994. The maximum Gasteiger partial charge on any atom is 0.225 e. The molecule has 1 aromatic rings. The third kappa shape index (κ3) is 3.85. The summed E-state index contributed by atoms with van der Waals surface area (Å²) < 4.78 is 0. The van der Waals surface area contributed by atoms with Crippen LogP contribution < -0.4 is 5.32 Å². The molecule has 110 valence electrons. The lowest BCUT2D eigenvalue weighted by molar-refractivity contribution is -0.135. The molecular formula is C15H23N3O2. The maximum absolute atomic E-state index is 12.2. The summed E-state index contributed by atoms with van der Waals surface area (Å²) >= 11 is 0. The normalized spacial score (nSPS) is 18.9. The fourth-order valence-electron chi connectivity index (χ4n) is 2.59. The van der Waals surface area contributed by atoms with Crippen LogP contribution in [0.3, 0.4) is 0 Å². The zero-order valence-corrected chi connectivity index (χ0v) is 12.0. The third-order valence-electron chi connectivity index (χ3n) is 3.72. The number of hydrogen-bond acceptors (Lipinski definition) is 2. The molecule has 2 rings (SSSR count). The van der Waals surface area contributed by atoms with Gasteiger partial charge in [-0.05, 0) is 31.4 Å². The van der Waals surface area contributed by atoms with Crippen LogP contribution >= 0.6 is 0 Å². The molecule has 0 aromatic carbocycles. The number of hydrogen-bond donors (Lipinski definition) is 2. The van der Waals surface area contributed by atoms with Crippen molar-refractivity contribution < 1.29 is 9.59 Å². The van der Waals surface area contributed by atoms with Crippen molar-refractivity contribution in [1.82, 2.24) is 15.2 Å². The number of aromatic amines is 1. The second-order valence-corrected chi connectivity index (χ2v) is 5.34. The number of nitrogens with zero attached hydrogens (tertiary/aromatic N) is 1. The highest BCUT2D eigenvalue weighted by atomic mass is 16.2. The number of aromatic nitrogens is 1. The van der Waals surface area contributed by atoms with Crippen molar-refractivity contribution in [1.29, 1.82) is 0 Å². The predicted octanol–water partition coefficient (Wildman–Crippen LogP) is 1.67. The molecule has 0 aliphatic carbocycles. The number of carbonyl (C=O) groups is 2. The molecule has 1 atom stereocenters. The Balaban J connectivity index is 1.81. The molecule has 0 bridgehead atoms. The van der Waals surface area contributed by atoms with E-state index in [1.165, 1.54) is 0 Å². The summed E-state index contributed by atoms with van der Waals surface area (Å²) in [6.45, 7) is 3.88. The van der Waals surface area contributed by atoms with E-state index in [9.17, 15) is 9.59 Å². The number of carbonyl (C=O) groups excluding carboxylic acids is 2. The standard InChI is InChI=1S/C15H23N3O2/c1-2-5-14(19)18-9-4-6-12(11-18)15(20)17-10-13-7-3-8-16-13/h3,7-8,12,16H,2,4-6,9-11H2,1H3,(H,17,20). The smallest absolute Gasteiger partial charge is 0.225 e. The Morgan fingerprint density at radius 2 is 2.35 bits per heavy atom. The zero-order chi connectivity index (χ0) is 14.4. The molecule has 2 N–H and O–H groups in total. The first-order chi connectivity index (χ1) is 9.70. The van der Waals surface area contributed by atoms with Crippen LogP contribution in [0.1, 0.15) is 38.3 Å². The van der Waals surface area contributed by atoms with Crippen molar-refractivity contribution in [3.8, 4) is 0 Å². The van der Waals surface area contributed by atoms with E-state index in [2.05, 4.69) is 10.3 Å². The molecule has 1 aliphatic heterocycles. The van der Waals surface area contributed by atoms with Crippen LogP contribution in [0.15, 0.2) is 18.3 Å². The predicted molar refractivity (Wildman–Crippen MR) is 76.9 cm³/mol. The largest absolute Gasteiger partial charge is 0.364 e. The lowest BCUT2D eigenvalue weighted by Crippen LogP contribution is -2.45. The van der Waals surface area contributed by atoms with Gasteiger partial charge in [0, 0.05) is 31.4 Å². The van der Waals surface area contributed by atoms with Gasteiger partial charge in [-0.25, -0.2) is 0 Å². The Labute approximate surface area is 119 Å². The van der Waals surface area contributed by atoms with E-state index in [4.69, 9.17) is 0 Å². The van der Waals surface area contributed by atoms with Crippen LogP contribution in [0.4, 0.5) is 0 Å². The highest BCUT2D eigenvalue weighted by Crippen LogP contribution is 2.17. The van der Waals surface area contributed by atoms with Crippen molar-refractivity contribution in [3.63, 3.8) is 0 Å². The van der Waals surface area contributed by atoms with E-state index >= 15 is 0 Å². The van der Waals surface area contributed by atoms with Gasteiger partial charge < -0.3 is 15.2 Å². The van der Waals surface area contributed by atoms with Gasteiger partial charge in [-0.15, -0.1) is 0 Å². The van der Waals surface area contributed by atoms with E-state index < -0.39 is 0 Å². The Bertz CT molecular complexity index is 442. The molecule has 5 nitrogen and oxygen atoms in total. The van der Waals surface area contributed by atoms with E-state index in [1.54, 1.807) is 0 Å². The van der Waals surface area contributed by atoms with Crippen molar-refractivity contribution in [2.75, 3.05) is 13.1 Å². The summed E-state index contributed by atoms with van der Waals surface area (Å²) in [4.78, 5) is 29.0. The van der Waals surface area contributed by atoms with Gasteiger partial charge in [0.1, 0.15) is 0 Å². The number of likely N-dealkylation sites (tertiary alicyclic amines) is 1. The lowest BCUT2D eigenvalue weighted by Gasteiger charge is -2.32. The molecule has 1 fully saturated rings. The first-order valence-corrected chi connectivity index (χ1v) is 7.38. The summed E-state index contributed by atoms with van der Waals surface area (Å²) in [5.74, 6) is 0.155. The van der Waals surface area contributed by atoms with Crippen molar-refractivity contribution >= 4 is 11.8 Å². The van der Waals surface area contributed by atoms with Gasteiger partial charge in [0.2, 0.25) is 11.8 Å². The molecular weight excluding hydrogens is 254 g/mol. The lowest BCUT2D eigenvalue weighted by atomic mass is 9.96. The molecule has 1 aromatic heterocycles. The van der Waals surface area contributed by atoms with E-state index in [0.717, 1.165) is 31.5 Å². The third-order valence-corrected chi connectivity index (χ3v) is 3.72.